The van der Waals surface area contributed by atoms with Gasteiger partial charge < -0.3 is 10.3 Å². The summed E-state index contributed by atoms with van der Waals surface area (Å²) in [5.74, 6) is 4.77. The van der Waals surface area contributed by atoms with Crippen LogP contribution in [0.25, 0.3) is 0 Å². The third kappa shape index (κ3) is 3.17. The molecule has 6 heteroatoms. The molecule has 0 aliphatic rings. The Balaban J connectivity index is 2.41. The van der Waals surface area contributed by atoms with E-state index in [-0.39, 0.29) is 5.91 Å². The number of aryl methyl sites for hydroxylation is 1. The van der Waals surface area contributed by atoms with E-state index in [2.05, 4.69) is 10.4 Å². The topological polar surface area (TPSA) is 71.2 Å². The molecule has 1 amide bonds. The van der Waals surface area contributed by atoms with Crippen LogP contribution in [0.3, 0.4) is 0 Å². The van der Waals surface area contributed by atoms with Crippen LogP contribution in [0.1, 0.15) is 23.0 Å². The molecule has 1 aromatic heterocycles. The van der Waals surface area contributed by atoms with E-state index >= 15 is 0 Å². The van der Waals surface area contributed by atoms with E-state index in [9.17, 15) is 9.18 Å². The van der Waals surface area contributed by atoms with Gasteiger partial charge in [-0.05, 0) is 38.1 Å². The molecule has 0 atom stereocenters. The lowest BCUT2D eigenvalue weighted by Crippen LogP contribution is -2.31. The zero-order chi connectivity index (χ0) is 15.4. The van der Waals surface area contributed by atoms with Crippen molar-refractivity contribution in [2.45, 2.75) is 13.8 Å². The summed E-state index contributed by atoms with van der Waals surface area (Å²) in [6.45, 7) is 4.03. The summed E-state index contributed by atoms with van der Waals surface area (Å²) in [6, 6.07) is 7.59. The van der Waals surface area contributed by atoms with E-state index in [1.807, 2.05) is 6.92 Å². The number of nitrogens with two attached hydrogens (primary N) is 1. The molecule has 2 aromatic rings. The summed E-state index contributed by atoms with van der Waals surface area (Å²) in [5, 5.41) is 0. The Hall–Kier alpha value is -2.47. The van der Waals surface area contributed by atoms with Crippen LogP contribution in [0.5, 0.6) is 0 Å². The van der Waals surface area contributed by atoms with Gasteiger partial charge in [0, 0.05) is 24.1 Å². The number of nitrogen functional groups attached to an aromatic ring is 1. The molecule has 0 bridgehead atoms. The maximum atomic E-state index is 13.3. The highest BCUT2D eigenvalue weighted by molar-refractivity contribution is 6.09. The van der Waals surface area contributed by atoms with Gasteiger partial charge in [-0.1, -0.05) is 6.07 Å². The third-order valence-corrected chi connectivity index (χ3v) is 3.11. The molecule has 3 N–H and O–H groups in total. The molecule has 110 valence electrons. The maximum absolute atomic E-state index is 13.3. The van der Waals surface area contributed by atoms with Crippen molar-refractivity contribution in [3.05, 3.63) is 53.6 Å². The Kier molecular flexibility index (Phi) is 4.49. The van der Waals surface area contributed by atoms with Gasteiger partial charge in [0.25, 0.3) is 5.91 Å². The summed E-state index contributed by atoms with van der Waals surface area (Å²) < 4.78 is 13.3. The molecule has 1 aromatic carbocycles. The molecule has 0 radical (unpaired) electrons. The lowest BCUT2D eigenvalue weighted by molar-refractivity contribution is 0.0988. The number of benzene rings is 1. The van der Waals surface area contributed by atoms with Crippen LogP contribution in [-0.2, 0) is 0 Å². The zero-order valence-electron chi connectivity index (χ0n) is 11.9. The number of nitrogens with zero attached hydrogens (tertiary/aromatic N) is 2. The summed E-state index contributed by atoms with van der Waals surface area (Å²) in [4.78, 5) is 18.2. The number of carbonyl (C=O) groups excluding carboxylic acids is 1. The van der Waals surface area contributed by atoms with Crippen molar-refractivity contribution < 1.29 is 9.18 Å². The number of amides is 1. The Bertz CT molecular complexity index is 660. The van der Waals surface area contributed by atoms with Crippen LogP contribution in [0, 0.1) is 12.7 Å². The van der Waals surface area contributed by atoms with Gasteiger partial charge >= 0.3 is 0 Å². The lowest BCUT2D eigenvalue weighted by atomic mass is 10.1. The molecule has 0 saturated heterocycles. The second-order valence-electron chi connectivity index (χ2n) is 4.54. The third-order valence-electron chi connectivity index (χ3n) is 3.11. The quantitative estimate of drug-likeness (QED) is 0.670. The average Bonchev–Trinajstić information content (AvgIpc) is 2.47. The molecular formula is C15H17FN4O. The van der Waals surface area contributed by atoms with E-state index in [1.54, 1.807) is 25.1 Å². The smallest absolute Gasteiger partial charge is 0.261 e. The van der Waals surface area contributed by atoms with E-state index in [4.69, 9.17) is 5.84 Å². The van der Waals surface area contributed by atoms with Gasteiger partial charge in [0.1, 0.15) is 5.82 Å². The number of anilines is 2. The number of carbonyl (C=O) groups is 1. The molecule has 0 unspecified atom stereocenters. The molecule has 21 heavy (non-hydrogen) atoms. The Morgan fingerprint density at radius 1 is 1.43 bits per heavy atom. The number of hydrazine groups is 1. The van der Waals surface area contributed by atoms with Crippen LogP contribution in [0.2, 0.25) is 0 Å². The maximum Gasteiger partial charge on any atom is 0.261 e. The summed E-state index contributed by atoms with van der Waals surface area (Å²) >= 11 is 0. The molecular weight excluding hydrogens is 271 g/mol. The van der Waals surface area contributed by atoms with Crippen LogP contribution in [-0.4, -0.2) is 17.4 Å². The van der Waals surface area contributed by atoms with Crippen LogP contribution < -0.4 is 16.2 Å². The van der Waals surface area contributed by atoms with E-state index in [0.29, 0.717) is 23.5 Å². The second kappa shape index (κ2) is 6.32. The van der Waals surface area contributed by atoms with Gasteiger partial charge in [0.15, 0.2) is 0 Å². The molecule has 0 saturated carbocycles. The number of aromatic nitrogens is 1. The second-order valence-corrected chi connectivity index (χ2v) is 4.54. The lowest BCUT2D eigenvalue weighted by Gasteiger charge is -2.22. The molecule has 0 fully saturated rings. The van der Waals surface area contributed by atoms with Crippen molar-refractivity contribution in [2.24, 2.45) is 5.84 Å². The van der Waals surface area contributed by atoms with Gasteiger partial charge in [-0.3, -0.25) is 15.6 Å². The van der Waals surface area contributed by atoms with E-state index in [0.717, 1.165) is 5.69 Å². The zero-order valence-corrected chi connectivity index (χ0v) is 11.9. The van der Waals surface area contributed by atoms with Crippen molar-refractivity contribution in [2.75, 3.05) is 16.9 Å². The number of halogens is 1. The molecule has 2 rings (SSSR count). The van der Waals surface area contributed by atoms with Gasteiger partial charge in [0.2, 0.25) is 0 Å². The Labute approximate surface area is 122 Å². The number of rotatable bonds is 4. The number of hydrogen-bond donors (Lipinski definition) is 2. The average molecular weight is 288 g/mol. The highest BCUT2D eigenvalue weighted by Crippen LogP contribution is 2.22. The van der Waals surface area contributed by atoms with Crippen molar-refractivity contribution in [1.82, 2.24) is 4.98 Å². The number of pyridine rings is 1. The minimum absolute atomic E-state index is 0.288. The van der Waals surface area contributed by atoms with Gasteiger partial charge in [-0.15, -0.1) is 0 Å². The SMILES string of the molecule is CCN(C(=O)c1cnc(C)cc1NN)c1cccc(F)c1. The first-order chi connectivity index (χ1) is 10.1. The number of hydrogen-bond acceptors (Lipinski definition) is 4. The van der Waals surface area contributed by atoms with Crippen molar-refractivity contribution in [3.63, 3.8) is 0 Å². The summed E-state index contributed by atoms with van der Waals surface area (Å²) in [7, 11) is 0. The molecule has 0 aliphatic carbocycles. The largest absolute Gasteiger partial charge is 0.323 e. The minimum atomic E-state index is -0.391. The molecule has 0 aliphatic heterocycles. The predicted octanol–water partition coefficient (Wildman–Crippen LogP) is 2.48. The fourth-order valence-electron chi connectivity index (χ4n) is 2.08. The first kappa shape index (κ1) is 14.9. The van der Waals surface area contributed by atoms with Crippen molar-refractivity contribution >= 4 is 17.3 Å². The Morgan fingerprint density at radius 3 is 2.81 bits per heavy atom. The van der Waals surface area contributed by atoms with Crippen molar-refractivity contribution in [1.29, 1.82) is 0 Å². The molecule has 1 heterocycles. The molecule has 5 nitrogen and oxygen atoms in total. The normalized spacial score (nSPS) is 10.3. The van der Waals surface area contributed by atoms with E-state index < -0.39 is 5.82 Å². The number of nitrogens with one attached hydrogen (secondary N) is 1. The highest BCUT2D eigenvalue weighted by Gasteiger charge is 2.20. The van der Waals surface area contributed by atoms with Gasteiger partial charge in [-0.2, -0.15) is 0 Å². The van der Waals surface area contributed by atoms with Crippen molar-refractivity contribution in [3.8, 4) is 0 Å². The van der Waals surface area contributed by atoms with Crippen LogP contribution in [0.4, 0.5) is 15.8 Å². The predicted molar refractivity (Wildman–Crippen MR) is 80.5 cm³/mol. The van der Waals surface area contributed by atoms with E-state index in [1.165, 1.54) is 23.2 Å². The van der Waals surface area contributed by atoms with Crippen LogP contribution in [0.15, 0.2) is 36.5 Å². The highest BCUT2D eigenvalue weighted by atomic mass is 19.1. The first-order valence-corrected chi connectivity index (χ1v) is 6.57. The fraction of sp³-hybridized carbons (Fsp3) is 0.200. The Morgan fingerprint density at radius 2 is 2.19 bits per heavy atom. The van der Waals surface area contributed by atoms with Gasteiger partial charge in [-0.25, -0.2) is 4.39 Å². The molecule has 0 spiro atoms. The fourth-order valence-corrected chi connectivity index (χ4v) is 2.08. The monoisotopic (exact) mass is 288 g/mol. The summed E-state index contributed by atoms with van der Waals surface area (Å²) in [6.07, 6.45) is 1.47. The minimum Gasteiger partial charge on any atom is -0.323 e. The van der Waals surface area contributed by atoms with Gasteiger partial charge in [0.05, 0.1) is 11.3 Å². The van der Waals surface area contributed by atoms with Crippen LogP contribution >= 0.6 is 0 Å². The standard InChI is InChI=1S/C15H17FN4O/c1-3-20(12-6-4-5-11(16)8-12)15(21)13-9-18-10(2)7-14(13)19-17/h4-9H,3,17H2,1-2H3,(H,18,19). The summed E-state index contributed by atoms with van der Waals surface area (Å²) in [5.41, 5.74) is 4.56. The first-order valence-electron chi connectivity index (χ1n) is 6.57.